The van der Waals surface area contributed by atoms with E-state index < -0.39 is 0 Å². The van der Waals surface area contributed by atoms with E-state index in [2.05, 4.69) is 36.9 Å². The van der Waals surface area contributed by atoms with Crippen LogP contribution in [0.25, 0.3) is 5.78 Å². The van der Waals surface area contributed by atoms with Gasteiger partial charge >= 0.3 is 0 Å². The Kier molecular flexibility index (Phi) is 3.34. The van der Waals surface area contributed by atoms with Gasteiger partial charge in [-0.15, -0.1) is 5.10 Å². The standard InChI is InChI=1S/C13H15N7/c1-10(11-4-6-14-9-16-11)19(2)8-12-17-13-15-5-3-7-20(13)18-12/h3-7,9-10H,8H2,1-2H3. The third kappa shape index (κ3) is 2.48. The van der Waals surface area contributed by atoms with E-state index in [1.807, 2.05) is 25.4 Å². The van der Waals surface area contributed by atoms with Gasteiger partial charge in [0.05, 0.1) is 12.2 Å². The third-order valence-electron chi connectivity index (χ3n) is 3.25. The number of nitrogens with zero attached hydrogens (tertiary/aromatic N) is 7. The van der Waals surface area contributed by atoms with Crippen molar-refractivity contribution in [2.45, 2.75) is 19.5 Å². The molecule has 0 fully saturated rings. The summed E-state index contributed by atoms with van der Waals surface area (Å²) in [4.78, 5) is 18.9. The zero-order chi connectivity index (χ0) is 13.9. The van der Waals surface area contributed by atoms with Crippen molar-refractivity contribution < 1.29 is 0 Å². The van der Waals surface area contributed by atoms with Gasteiger partial charge in [-0.05, 0) is 26.1 Å². The molecule has 3 aromatic rings. The first-order chi connectivity index (χ1) is 9.74. The molecule has 0 N–H and O–H groups in total. The molecule has 7 nitrogen and oxygen atoms in total. The summed E-state index contributed by atoms with van der Waals surface area (Å²) in [6.07, 6.45) is 6.86. The van der Waals surface area contributed by atoms with E-state index in [0.717, 1.165) is 11.5 Å². The number of aromatic nitrogens is 6. The van der Waals surface area contributed by atoms with Crippen LogP contribution >= 0.6 is 0 Å². The number of fused-ring (bicyclic) bond motifs is 1. The highest BCUT2D eigenvalue weighted by molar-refractivity contribution is 5.24. The molecule has 7 heteroatoms. The van der Waals surface area contributed by atoms with Crippen LogP contribution in [0.15, 0.2) is 37.1 Å². The molecule has 102 valence electrons. The minimum atomic E-state index is 0.164. The molecule has 3 rings (SSSR count). The van der Waals surface area contributed by atoms with Gasteiger partial charge in [-0.3, -0.25) is 4.90 Å². The van der Waals surface area contributed by atoms with Crippen molar-refractivity contribution in [1.29, 1.82) is 0 Å². The monoisotopic (exact) mass is 269 g/mol. The van der Waals surface area contributed by atoms with Crippen LogP contribution in [0.3, 0.4) is 0 Å². The molecule has 0 aliphatic rings. The fraction of sp³-hybridized carbons (Fsp3) is 0.308. The average Bonchev–Trinajstić information content (AvgIpc) is 2.89. The summed E-state index contributed by atoms with van der Waals surface area (Å²) in [6.45, 7) is 2.73. The lowest BCUT2D eigenvalue weighted by atomic mass is 10.2. The van der Waals surface area contributed by atoms with Gasteiger partial charge in [0.2, 0.25) is 0 Å². The fourth-order valence-corrected chi connectivity index (χ4v) is 1.98. The lowest BCUT2D eigenvalue weighted by molar-refractivity contribution is 0.242. The minimum absolute atomic E-state index is 0.164. The molecule has 20 heavy (non-hydrogen) atoms. The SMILES string of the molecule is CC(c1ccncn1)N(C)Cc1nc2ncccn2n1. The molecular weight excluding hydrogens is 254 g/mol. The Hall–Kier alpha value is -2.41. The van der Waals surface area contributed by atoms with Crippen LogP contribution in [0.1, 0.15) is 24.5 Å². The van der Waals surface area contributed by atoms with Crippen molar-refractivity contribution in [2.75, 3.05) is 7.05 Å². The Morgan fingerprint density at radius 3 is 2.95 bits per heavy atom. The molecule has 0 radical (unpaired) electrons. The third-order valence-corrected chi connectivity index (χ3v) is 3.25. The Balaban J connectivity index is 1.76. The zero-order valence-corrected chi connectivity index (χ0v) is 11.4. The summed E-state index contributed by atoms with van der Waals surface area (Å²) in [6, 6.07) is 3.91. The molecule has 0 spiro atoms. The minimum Gasteiger partial charge on any atom is -0.291 e. The molecular formula is C13H15N7. The summed E-state index contributed by atoms with van der Waals surface area (Å²) >= 11 is 0. The van der Waals surface area contributed by atoms with E-state index >= 15 is 0 Å². The van der Waals surface area contributed by atoms with Crippen LogP contribution in [0.4, 0.5) is 0 Å². The van der Waals surface area contributed by atoms with E-state index in [9.17, 15) is 0 Å². The molecule has 0 saturated carbocycles. The summed E-state index contributed by atoms with van der Waals surface area (Å²) in [5.74, 6) is 1.36. The lowest BCUT2D eigenvalue weighted by Gasteiger charge is -2.22. The maximum absolute atomic E-state index is 4.40. The smallest absolute Gasteiger partial charge is 0.252 e. The van der Waals surface area contributed by atoms with Gasteiger partial charge in [0, 0.05) is 24.6 Å². The molecule has 3 heterocycles. The van der Waals surface area contributed by atoms with Gasteiger partial charge in [0.15, 0.2) is 5.82 Å². The van der Waals surface area contributed by atoms with Gasteiger partial charge in [-0.2, -0.15) is 4.98 Å². The highest BCUT2D eigenvalue weighted by atomic mass is 15.3. The molecule has 1 unspecified atom stereocenters. The normalized spacial score (nSPS) is 12.9. The van der Waals surface area contributed by atoms with Gasteiger partial charge in [-0.1, -0.05) is 0 Å². The van der Waals surface area contributed by atoms with Gasteiger partial charge in [-0.25, -0.2) is 19.5 Å². The topological polar surface area (TPSA) is 72.1 Å². The zero-order valence-electron chi connectivity index (χ0n) is 11.4. The van der Waals surface area contributed by atoms with Crippen molar-refractivity contribution in [3.05, 3.63) is 48.6 Å². The van der Waals surface area contributed by atoms with Gasteiger partial charge < -0.3 is 0 Å². The fourth-order valence-electron chi connectivity index (χ4n) is 1.98. The van der Waals surface area contributed by atoms with Crippen molar-refractivity contribution >= 4 is 5.78 Å². The van der Waals surface area contributed by atoms with Crippen LogP contribution < -0.4 is 0 Å². The second kappa shape index (κ2) is 5.30. The first-order valence-electron chi connectivity index (χ1n) is 6.36. The quantitative estimate of drug-likeness (QED) is 0.706. The lowest BCUT2D eigenvalue weighted by Crippen LogP contribution is -2.23. The maximum Gasteiger partial charge on any atom is 0.252 e. The number of hydrogen-bond donors (Lipinski definition) is 0. The molecule has 3 aromatic heterocycles. The Labute approximate surface area is 116 Å². The molecule has 0 bridgehead atoms. The summed E-state index contributed by atoms with van der Waals surface area (Å²) in [5.41, 5.74) is 0.976. The maximum atomic E-state index is 4.40. The van der Waals surface area contributed by atoms with Crippen molar-refractivity contribution in [3.8, 4) is 0 Å². The highest BCUT2D eigenvalue weighted by Crippen LogP contribution is 2.17. The predicted octanol–water partition coefficient (Wildman–Crippen LogP) is 1.11. The largest absolute Gasteiger partial charge is 0.291 e. The van der Waals surface area contributed by atoms with Crippen molar-refractivity contribution in [1.82, 2.24) is 34.4 Å². The van der Waals surface area contributed by atoms with E-state index in [1.165, 1.54) is 0 Å². The second-order valence-electron chi connectivity index (χ2n) is 4.62. The molecule has 1 atom stereocenters. The highest BCUT2D eigenvalue weighted by Gasteiger charge is 2.15. The summed E-state index contributed by atoms with van der Waals surface area (Å²) < 4.78 is 1.68. The van der Waals surface area contributed by atoms with Crippen molar-refractivity contribution in [2.24, 2.45) is 0 Å². The number of hydrogen-bond acceptors (Lipinski definition) is 6. The summed E-state index contributed by atoms with van der Waals surface area (Å²) in [5, 5.41) is 4.40. The predicted molar refractivity (Wildman–Crippen MR) is 72.7 cm³/mol. The van der Waals surface area contributed by atoms with Gasteiger partial charge in [0.1, 0.15) is 6.33 Å². The van der Waals surface area contributed by atoms with Crippen LogP contribution in [0.5, 0.6) is 0 Å². The van der Waals surface area contributed by atoms with Gasteiger partial charge in [0.25, 0.3) is 5.78 Å². The molecule has 0 aliphatic carbocycles. The molecule has 0 aliphatic heterocycles. The van der Waals surface area contributed by atoms with Crippen LogP contribution in [-0.4, -0.2) is 41.5 Å². The number of rotatable bonds is 4. The Morgan fingerprint density at radius 1 is 1.30 bits per heavy atom. The van der Waals surface area contributed by atoms with Crippen LogP contribution in [-0.2, 0) is 6.54 Å². The average molecular weight is 269 g/mol. The van der Waals surface area contributed by atoms with E-state index in [4.69, 9.17) is 0 Å². The Bertz CT molecular complexity index is 661. The molecule has 0 amide bonds. The summed E-state index contributed by atoms with van der Waals surface area (Å²) in [7, 11) is 2.02. The van der Waals surface area contributed by atoms with Crippen LogP contribution in [0.2, 0.25) is 0 Å². The van der Waals surface area contributed by atoms with E-state index in [-0.39, 0.29) is 6.04 Å². The first kappa shape index (κ1) is 12.6. The first-order valence-corrected chi connectivity index (χ1v) is 6.36. The molecule has 0 aromatic carbocycles. The van der Waals surface area contributed by atoms with E-state index in [0.29, 0.717) is 12.3 Å². The second-order valence-corrected chi connectivity index (χ2v) is 4.62. The Morgan fingerprint density at radius 2 is 2.20 bits per heavy atom. The molecule has 0 saturated heterocycles. The van der Waals surface area contributed by atoms with Crippen LogP contribution in [0, 0.1) is 0 Å². The van der Waals surface area contributed by atoms with Crippen molar-refractivity contribution in [3.63, 3.8) is 0 Å². The van der Waals surface area contributed by atoms with E-state index in [1.54, 1.807) is 23.2 Å².